The summed E-state index contributed by atoms with van der Waals surface area (Å²) in [7, 11) is 0. The Morgan fingerprint density at radius 3 is 2.94 bits per heavy atom. The normalized spacial score (nSPS) is 12.6. The lowest BCUT2D eigenvalue weighted by Crippen LogP contribution is -2.16. The summed E-state index contributed by atoms with van der Waals surface area (Å²) in [5.74, 6) is -0.543. The third kappa shape index (κ3) is 2.34. The van der Waals surface area contributed by atoms with Gasteiger partial charge >= 0.3 is 5.97 Å². The van der Waals surface area contributed by atoms with Gasteiger partial charge in [0.25, 0.3) is 0 Å². The van der Waals surface area contributed by atoms with Gasteiger partial charge in [-0.2, -0.15) is 0 Å². The van der Waals surface area contributed by atoms with Crippen LogP contribution in [0.4, 0.5) is 4.39 Å². The zero-order valence-corrected chi connectivity index (χ0v) is 10.4. The van der Waals surface area contributed by atoms with Gasteiger partial charge in [0.05, 0.1) is 17.6 Å². The number of hydrogen-bond acceptors (Lipinski definition) is 3. The van der Waals surface area contributed by atoms with E-state index in [0.717, 1.165) is 0 Å². The predicted molar refractivity (Wildman–Crippen MR) is 65.7 cm³/mol. The minimum atomic E-state index is -0.430. The average molecular weight is 250 g/mol. The topological polar surface area (TPSA) is 55.0 Å². The molecule has 4 nitrogen and oxygen atoms in total. The zero-order valence-electron chi connectivity index (χ0n) is 10.4. The summed E-state index contributed by atoms with van der Waals surface area (Å²) in [6.45, 7) is 3.98. The quantitative estimate of drug-likeness (QED) is 0.849. The van der Waals surface area contributed by atoms with Gasteiger partial charge in [-0.1, -0.05) is 6.92 Å². The Kier molecular flexibility index (Phi) is 3.60. The Bertz CT molecular complexity index is 565. The van der Waals surface area contributed by atoms with E-state index in [1.807, 2.05) is 6.92 Å². The molecule has 1 N–H and O–H groups in total. The second-order valence-corrected chi connectivity index (χ2v) is 4.00. The first kappa shape index (κ1) is 12.5. The second-order valence-electron chi connectivity index (χ2n) is 4.00. The SMILES string of the molecule is CCOC(=O)C(CC)c1nc2ccc(F)cc2[nH]1. The molecule has 1 aromatic heterocycles. The number of fused-ring (bicyclic) bond motifs is 1. The largest absolute Gasteiger partial charge is 0.465 e. The molecule has 0 aliphatic rings. The van der Waals surface area contributed by atoms with Crippen molar-refractivity contribution in [3.05, 3.63) is 29.8 Å². The van der Waals surface area contributed by atoms with Crippen molar-refractivity contribution in [2.75, 3.05) is 6.61 Å². The van der Waals surface area contributed by atoms with Crippen molar-refractivity contribution in [3.8, 4) is 0 Å². The summed E-state index contributed by atoms with van der Waals surface area (Å²) in [6, 6.07) is 4.30. The number of carbonyl (C=O) groups excluding carboxylic acids is 1. The number of esters is 1. The number of ether oxygens (including phenoxy) is 1. The molecule has 0 aliphatic heterocycles. The van der Waals surface area contributed by atoms with E-state index >= 15 is 0 Å². The van der Waals surface area contributed by atoms with Crippen LogP contribution in [0.5, 0.6) is 0 Å². The fraction of sp³-hybridized carbons (Fsp3) is 0.385. The number of nitrogens with zero attached hydrogens (tertiary/aromatic N) is 1. The lowest BCUT2D eigenvalue weighted by molar-refractivity contribution is -0.145. The second kappa shape index (κ2) is 5.16. The summed E-state index contributed by atoms with van der Waals surface area (Å²) in [5.41, 5.74) is 1.24. The number of carbonyl (C=O) groups is 1. The van der Waals surface area contributed by atoms with Gasteiger partial charge in [0.15, 0.2) is 0 Å². The molecular formula is C13H15FN2O2. The third-order valence-corrected chi connectivity index (χ3v) is 2.77. The molecule has 96 valence electrons. The molecule has 18 heavy (non-hydrogen) atoms. The van der Waals surface area contributed by atoms with Gasteiger partial charge in [-0.05, 0) is 31.5 Å². The molecule has 5 heteroatoms. The number of H-pyrrole nitrogens is 1. The van der Waals surface area contributed by atoms with Gasteiger partial charge in [0, 0.05) is 0 Å². The van der Waals surface area contributed by atoms with Crippen LogP contribution in [0.15, 0.2) is 18.2 Å². The number of nitrogens with one attached hydrogen (secondary N) is 1. The number of hydrogen-bond donors (Lipinski definition) is 1. The molecule has 0 spiro atoms. The third-order valence-electron chi connectivity index (χ3n) is 2.77. The Morgan fingerprint density at radius 1 is 1.50 bits per heavy atom. The van der Waals surface area contributed by atoms with Gasteiger partial charge in [-0.15, -0.1) is 0 Å². The number of rotatable bonds is 4. The fourth-order valence-corrected chi connectivity index (χ4v) is 1.88. The molecule has 1 heterocycles. The predicted octanol–water partition coefficient (Wildman–Crippen LogP) is 2.76. The van der Waals surface area contributed by atoms with Gasteiger partial charge in [-0.3, -0.25) is 4.79 Å². The Balaban J connectivity index is 2.36. The molecule has 0 saturated carbocycles. The van der Waals surface area contributed by atoms with Crippen LogP contribution in [-0.4, -0.2) is 22.5 Å². The summed E-state index contributed by atoms with van der Waals surface area (Å²) < 4.78 is 18.1. The van der Waals surface area contributed by atoms with E-state index in [1.165, 1.54) is 12.1 Å². The van der Waals surface area contributed by atoms with Crippen LogP contribution in [0.3, 0.4) is 0 Å². The molecule has 0 aliphatic carbocycles. The lowest BCUT2D eigenvalue weighted by atomic mass is 10.1. The first-order chi connectivity index (χ1) is 8.65. The van der Waals surface area contributed by atoms with Crippen molar-refractivity contribution in [2.24, 2.45) is 0 Å². The standard InChI is InChI=1S/C13H15FN2O2/c1-3-9(13(17)18-4-2)12-15-10-6-5-8(14)7-11(10)16-12/h5-7,9H,3-4H2,1-2H3,(H,15,16). The Morgan fingerprint density at radius 2 is 2.28 bits per heavy atom. The van der Waals surface area contributed by atoms with Crippen molar-refractivity contribution in [1.29, 1.82) is 0 Å². The number of aromatic amines is 1. The number of benzene rings is 1. The maximum Gasteiger partial charge on any atom is 0.316 e. The van der Waals surface area contributed by atoms with Crippen molar-refractivity contribution in [1.82, 2.24) is 9.97 Å². The first-order valence-corrected chi connectivity index (χ1v) is 5.97. The minimum absolute atomic E-state index is 0.306. The zero-order chi connectivity index (χ0) is 13.1. The van der Waals surface area contributed by atoms with Crippen LogP contribution in [0, 0.1) is 5.82 Å². The van der Waals surface area contributed by atoms with Crippen LogP contribution in [0.1, 0.15) is 32.0 Å². The molecule has 0 bridgehead atoms. The Labute approximate surface area is 104 Å². The summed E-state index contributed by atoms with van der Waals surface area (Å²) >= 11 is 0. The molecule has 0 amide bonds. The molecule has 2 rings (SSSR count). The maximum absolute atomic E-state index is 13.1. The van der Waals surface area contributed by atoms with Crippen molar-refractivity contribution >= 4 is 17.0 Å². The fourth-order valence-electron chi connectivity index (χ4n) is 1.88. The monoisotopic (exact) mass is 250 g/mol. The highest BCUT2D eigenvalue weighted by molar-refractivity contribution is 5.80. The minimum Gasteiger partial charge on any atom is -0.465 e. The van der Waals surface area contributed by atoms with E-state index in [-0.39, 0.29) is 11.8 Å². The van der Waals surface area contributed by atoms with Crippen molar-refractivity contribution in [2.45, 2.75) is 26.2 Å². The average Bonchev–Trinajstić information content (AvgIpc) is 2.72. The molecule has 0 saturated heterocycles. The summed E-state index contributed by atoms with van der Waals surface area (Å²) in [6.07, 6.45) is 0.584. The molecule has 1 unspecified atom stereocenters. The Hall–Kier alpha value is -1.91. The molecule has 2 aromatic rings. The molecular weight excluding hydrogens is 235 g/mol. The summed E-state index contributed by atoms with van der Waals surface area (Å²) in [5, 5.41) is 0. The van der Waals surface area contributed by atoms with Gasteiger partial charge in [0.2, 0.25) is 0 Å². The highest BCUT2D eigenvalue weighted by atomic mass is 19.1. The number of halogens is 1. The van der Waals surface area contributed by atoms with E-state index in [0.29, 0.717) is 29.9 Å². The molecule has 0 radical (unpaired) electrons. The maximum atomic E-state index is 13.1. The lowest BCUT2D eigenvalue weighted by Gasteiger charge is -2.10. The number of imidazole rings is 1. The van der Waals surface area contributed by atoms with Crippen molar-refractivity contribution in [3.63, 3.8) is 0 Å². The van der Waals surface area contributed by atoms with Gasteiger partial charge in [-0.25, -0.2) is 9.37 Å². The smallest absolute Gasteiger partial charge is 0.316 e. The first-order valence-electron chi connectivity index (χ1n) is 5.97. The van der Waals surface area contributed by atoms with Crippen LogP contribution >= 0.6 is 0 Å². The van der Waals surface area contributed by atoms with Crippen molar-refractivity contribution < 1.29 is 13.9 Å². The highest BCUT2D eigenvalue weighted by Gasteiger charge is 2.23. The highest BCUT2D eigenvalue weighted by Crippen LogP contribution is 2.22. The van der Waals surface area contributed by atoms with E-state index in [1.54, 1.807) is 13.0 Å². The van der Waals surface area contributed by atoms with Crippen LogP contribution in [-0.2, 0) is 9.53 Å². The number of aromatic nitrogens is 2. The van der Waals surface area contributed by atoms with Crippen LogP contribution in [0.2, 0.25) is 0 Å². The summed E-state index contributed by atoms with van der Waals surface area (Å²) in [4.78, 5) is 19.0. The molecule has 0 fully saturated rings. The van der Waals surface area contributed by atoms with E-state index in [9.17, 15) is 9.18 Å². The van der Waals surface area contributed by atoms with Crippen LogP contribution < -0.4 is 0 Å². The van der Waals surface area contributed by atoms with E-state index < -0.39 is 5.92 Å². The molecule has 1 atom stereocenters. The van der Waals surface area contributed by atoms with Gasteiger partial charge < -0.3 is 9.72 Å². The van der Waals surface area contributed by atoms with E-state index in [2.05, 4.69) is 9.97 Å². The molecule has 1 aromatic carbocycles. The van der Waals surface area contributed by atoms with Crippen LogP contribution in [0.25, 0.3) is 11.0 Å². The van der Waals surface area contributed by atoms with E-state index in [4.69, 9.17) is 4.74 Å². The van der Waals surface area contributed by atoms with Gasteiger partial charge in [0.1, 0.15) is 17.6 Å².